The van der Waals surface area contributed by atoms with Crippen LogP contribution in [0.4, 0.5) is 0 Å². The fourth-order valence-electron chi connectivity index (χ4n) is 1.51. The van der Waals surface area contributed by atoms with Crippen LogP contribution in [0.3, 0.4) is 0 Å². The Morgan fingerprint density at radius 3 is 2.00 bits per heavy atom. The van der Waals surface area contributed by atoms with Crippen LogP contribution in [0.5, 0.6) is 0 Å². The van der Waals surface area contributed by atoms with Gasteiger partial charge in [0.05, 0.1) is 5.75 Å². The van der Waals surface area contributed by atoms with Crippen LogP contribution in [-0.4, -0.2) is 20.7 Å². The molecule has 66 valence electrons. The molecule has 1 fully saturated rings. The van der Waals surface area contributed by atoms with Crippen LogP contribution in [0, 0.1) is 5.41 Å². The number of rotatable bonds is 3. The summed E-state index contributed by atoms with van der Waals surface area (Å²) in [5, 5.41) is 4.92. The van der Waals surface area contributed by atoms with Gasteiger partial charge < -0.3 is 5.73 Å². The Morgan fingerprint density at radius 1 is 1.36 bits per heavy atom. The molecule has 0 spiro atoms. The largest absolute Gasteiger partial charge is 0.330 e. The Balaban J connectivity index is 2.59. The maximum Gasteiger partial charge on any atom is 0.209 e. The second kappa shape index (κ2) is 2.73. The molecule has 1 aliphatic rings. The monoisotopic (exact) mass is 178 g/mol. The second-order valence-corrected chi connectivity index (χ2v) is 4.98. The van der Waals surface area contributed by atoms with Gasteiger partial charge in [0.2, 0.25) is 10.0 Å². The number of primary sulfonamides is 1. The average Bonchev–Trinajstić information content (AvgIpc) is 1.77. The molecular formula is C6H14N2O2S. The highest BCUT2D eigenvalue weighted by atomic mass is 32.2. The first-order chi connectivity index (χ1) is 4.97. The van der Waals surface area contributed by atoms with E-state index in [0.29, 0.717) is 6.54 Å². The predicted octanol–water partition coefficient (Wildman–Crippen LogP) is -0.596. The summed E-state index contributed by atoms with van der Waals surface area (Å²) in [7, 11) is -3.33. The van der Waals surface area contributed by atoms with Crippen molar-refractivity contribution < 1.29 is 8.42 Å². The van der Waals surface area contributed by atoms with Gasteiger partial charge in [-0.1, -0.05) is 6.42 Å². The van der Waals surface area contributed by atoms with E-state index < -0.39 is 10.0 Å². The molecule has 1 aliphatic carbocycles. The summed E-state index contributed by atoms with van der Waals surface area (Å²) >= 11 is 0. The van der Waals surface area contributed by atoms with Crippen LogP contribution < -0.4 is 10.9 Å². The molecule has 0 aromatic carbocycles. The van der Waals surface area contributed by atoms with Crippen molar-refractivity contribution in [3.8, 4) is 0 Å². The summed E-state index contributed by atoms with van der Waals surface area (Å²) in [5.41, 5.74) is 5.27. The maximum atomic E-state index is 10.7. The van der Waals surface area contributed by atoms with Crippen LogP contribution in [0.1, 0.15) is 19.3 Å². The molecule has 1 saturated carbocycles. The fourth-order valence-corrected chi connectivity index (χ4v) is 2.77. The van der Waals surface area contributed by atoms with E-state index in [4.69, 9.17) is 10.9 Å². The average molecular weight is 178 g/mol. The number of hydrogen-bond acceptors (Lipinski definition) is 3. The molecule has 0 bridgehead atoms. The van der Waals surface area contributed by atoms with Gasteiger partial charge in [0.25, 0.3) is 0 Å². The summed E-state index contributed by atoms with van der Waals surface area (Å²) in [6.45, 7) is 0.434. The molecule has 0 aliphatic heterocycles. The van der Waals surface area contributed by atoms with Crippen molar-refractivity contribution in [2.45, 2.75) is 19.3 Å². The van der Waals surface area contributed by atoms with E-state index in [9.17, 15) is 8.42 Å². The highest BCUT2D eigenvalue weighted by Gasteiger charge is 2.38. The lowest BCUT2D eigenvalue weighted by atomic mass is 9.70. The SMILES string of the molecule is NCC1(CS(N)(=O)=O)CCC1. The summed E-state index contributed by atoms with van der Waals surface area (Å²) in [4.78, 5) is 0. The Kier molecular flexibility index (Phi) is 2.22. The van der Waals surface area contributed by atoms with Crippen LogP contribution in [0.2, 0.25) is 0 Å². The summed E-state index contributed by atoms with van der Waals surface area (Å²) in [5.74, 6) is 0.0521. The van der Waals surface area contributed by atoms with Crippen molar-refractivity contribution in [1.82, 2.24) is 0 Å². The lowest BCUT2D eigenvalue weighted by Gasteiger charge is -2.39. The Labute approximate surface area is 67.0 Å². The van der Waals surface area contributed by atoms with Gasteiger partial charge in [0.15, 0.2) is 0 Å². The first-order valence-electron chi connectivity index (χ1n) is 3.68. The minimum atomic E-state index is -3.33. The van der Waals surface area contributed by atoms with Gasteiger partial charge in [-0.3, -0.25) is 0 Å². The summed E-state index contributed by atoms with van der Waals surface area (Å²) in [6, 6.07) is 0. The highest BCUT2D eigenvalue weighted by Crippen LogP contribution is 2.40. The third-order valence-corrected chi connectivity index (χ3v) is 3.37. The normalized spacial score (nSPS) is 22.7. The van der Waals surface area contributed by atoms with E-state index in [2.05, 4.69) is 0 Å². The molecule has 0 saturated heterocycles. The Hall–Kier alpha value is -0.130. The van der Waals surface area contributed by atoms with Gasteiger partial charge in [0.1, 0.15) is 0 Å². The van der Waals surface area contributed by atoms with Crippen molar-refractivity contribution in [1.29, 1.82) is 0 Å². The van der Waals surface area contributed by atoms with Crippen LogP contribution in [0.25, 0.3) is 0 Å². The molecule has 1 rings (SSSR count). The molecule has 0 radical (unpaired) electrons. The minimum Gasteiger partial charge on any atom is -0.330 e. The van der Waals surface area contributed by atoms with Crippen LogP contribution >= 0.6 is 0 Å². The summed E-state index contributed by atoms with van der Waals surface area (Å²) in [6.07, 6.45) is 2.88. The lowest BCUT2D eigenvalue weighted by Crippen LogP contribution is -2.44. The van der Waals surface area contributed by atoms with E-state index in [1.54, 1.807) is 0 Å². The molecule has 5 heteroatoms. The zero-order valence-electron chi connectivity index (χ0n) is 6.41. The topological polar surface area (TPSA) is 86.2 Å². The number of hydrogen-bond donors (Lipinski definition) is 2. The van der Waals surface area contributed by atoms with E-state index in [-0.39, 0.29) is 11.2 Å². The smallest absolute Gasteiger partial charge is 0.209 e. The summed E-state index contributed by atoms with van der Waals surface area (Å²) < 4.78 is 21.4. The first kappa shape index (κ1) is 8.96. The van der Waals surface area contributed by atoms with Gasteiger partial charge in [-0.2, -0.15) is 0 Å². The second-order valence-electron chi connectivity index (χ2n) is 3.36. The molecule has 0 amide bonds. The Morgan fingerprint density at radius 2 is 1.91 bits per heavy atom. The molecule has 0 atom stereocenters. The standard InChI is InChI=1S/C6H14N2O2S/c7-4-6(2-1-3-6)5-11(8,9)10/h1-5,7H2,(H2,8,9,10). The predicted molar refractivity (Wildman–Crippen MR) is 43.3 cm³/mol. The minimum absolute atomic E-state index is 0.0521. The molecule has 11 heavy (non-hydrogen) atoms. The third-order valence-electron chi connectivity index (χ3n) is 2.35. The van der Waals surface area contributed by atoms with Gasteiger partial charge >= 0.3 is 0 Å². The fraction of sp³-hybridized carbons (Fsp3) is 1.00. The van der Waals surface area contributed by atoms with Crippen molar-refractivity contribution in [3.63, 3.8) is 0 Å². The zero-order chi connectivity index (χ0) is 8.54. The molecule has 0 aromatic heterocycles. The highest BCUT2D eigenvalue weighted by molar-refractivity contribution is 7.89. The van der Waals surface area contributed by atoms with E-state index >= 15 is 0 Å². The molecule has 0 aromatic rings. The van der Waals surface area contributed by atoms with E-state index in [1.165, 1.54) is 0 Å². The lowest BCUT2D eigenvalue weighted by molar-refractivity contribution is 0.176. The molecule has 4 nitrogen and oxygen atoms in total. The van der Waals surface area contributed by atoms with Gasteiger partial charge in [-0.15, -0.1) is 0 Å². The van der Waals surface area contributed by atoms with E-state index in [1.807, 2.05) is 0 Å². The number of nitrogens with two attached hydrogens (primary N) is 2. The third kappa shape index (κ3) is 2.15. The van der Waals surface area contributed by atoms with Crippen LogP contribution in [0.15, 0.2) is 0 Å². The van der Waals surface area contributed by atoms with Crippen LogP contribution in [-0.2, 0) is 10.0 Å². The van der Waals surface area contributed by atoms with Crippen molar-refractivity contribution in [3.05, 3.63) is 0 Å². The van der Waals surface area contributed by atoms with Gasteiger partial charge in [-0.05, 0) is 24.8 Å². The zero-order valence-corrected chi connectivity index (χ0v) is 7.23. The van der Waals surface area contributed by atoms with Gasteiger partial charge in [-0.25, -0.2) is 13.6 Å². The van der Waals surface area contributed by atoms with Gasteiger partial charge in [0, 0.05) is 0 Å². The van der Waals surface area contributed by atoms with E-state index in [0.717, 1.165) is 19.3 Å². The van der Waals surface area contributed by atoms with Crippen molar-refractivity contribution >= 4 is 10.0 Å². The first-order valence-corrected chi connectivity index (χ1v) is 5.40. The Bertz CT molecular complexity index is 225. The van der Waals surface area contributed by atoms with Crippen molar-refractivity contribution in [2.75, 3.05) is 12.3 Å². The molecule has 0 unspecified atom stereocenters. The molecule has 0 heterocycles. The van der Waals surface area contributed by atoms with Crippen molar-refractivity contribution in [2.24, 2.45) is 16.3 Å². The maximum absolute atomic E-state index is 10.7. The molecule has 4 N–H and O–H groups in total. The molecular weight excluding hydrogens is 164 g/mol. The number of sulfonamides is 1. The quantitative estimate of drug-likeness (QED) is 0.605.